The van der Waals surface area contributed by atoms with Gasteiger partial charge in [0.1, 0.15) is 9.88 Å². The van der Waals surface area contributed by atoms with Crippen molar-refractivity contribution in [2.45, 2.75) is 0 Å². The van der Waals surface area contributed by atoms with Gasteiger partial charge in [-0.15, -0.1) is 22.7 Å². The normalized spacial score (nSPS) is 11.1. The molecule has 5 aromatic rings. The predicted molar refractivity (Wildman–Crippen MR) is 146 cm³/mol. The Kier molecular flexibility index (Phi) is 6.26. The van der Waals surface area contributed by atoms with Crippen LogP contribution in [0.5, 0.6) is 0 Å². The van der Waals surface area contributed by atoms with E-state index in [0.717, 1.165) is 30.9 Å². The van der Waals surface area contributed by atoms with Crippen LogP contribution in [0.4, 0.5) is 5.69 Å². The van der Waals surface area contributed by atoms with Crippen LogP contribution in [0.2, 0.25) is 15.1 Å². The molecule has 2 heterocycles. The Bertz CT molecular complexity index is 1530. The standard InChI is InChI=1S/C23H12Cl3N3OS3/c24-12-6-7-13-18(10-12)32-20(19(13)26)21(30)29-23(31)28-16-9-11(5-8-14(16)25)22-27-15-3-1-2-4-17(15)33-22/h1-10H,(H2,28,29,30,31). The number of thiophene rings is 1. The maximum absolute atomic E-state index is 12.8. The van der Waals surface area contributed by atoms with Gasteiger partial charge in [-0.1, -0.05) is 59.1 Å². The molecule has 0 aliphatic heterocycles. The summed E-state index contributed by atoms with van der Waals surface area (Å²) in [4.78, 5) is 17.8. The minimum atomic E-state index is -0.409. The molecular weight excluding hydrogens is 537 g/mol. The minimum absolute atomic E-state index is 0.106. The first-order chi connectivity index (χ1) is 15.9. The van der Waals surface area contributed by atoms with Crippen LogP contribution in [-0.4, -0.2) is 16.0 Å². The lowest BCUT2D eigenvalue weighted by atomic mass is 10.2. The van der Waals surface area contributed by atoms with Crippen molar-refractivity contribution in [3.8, 4) is 10.6 Å². The van der Waals surface area contributed by atoms with E-state index in [4.69, 9.17) is 47.0 Å². The van der Waals surface area contributed by atoms with Crippen molar-refractivity contribution in [3.63, 3.8) is 0 Å². The fraction of sp³-hybridized carbons (Fsp3) is 0. The van der Waals surface area contributed by atoms with Crippen LogP contribution >= 0.6 is 69.7 Å². The van der Waals surface area contributed by atoms with Crippen molar-refractivity contribution in [2.24, 2.45) is 0 Å². The van der Waals surface area contributed by atoms with Crippen molar-refractivity contribution in [3.05, 3.63) is 80.6 Å². The molecule has 0 fully saturated rings. The smallest absolute Gasteiger partial charge is 0.269 e. The Hall–Kier alpha value is -2.26. The summed E-state index contributed by atoms with van der Waals surface area (Å²) in [6, 6.07) is 18.8. The summed E-state index contributed by atoms with van der Waals surface area (Å²) in [6.45, 7) is 0. The van der Waals surface area contributed by atoms with Gasteiger partial charge in [-0.05, 0) is 48.6 Å². The molecule has 0 saturated heterocycles. The molecule has 2 N–H and O–H groups in total. The molecule has 0 bridgehead atoms. The number of carbonyl (C=O) groups is 1. The van der Waals surface area contributed by atoms with Crippen LogP contribution in [-0.2, 0) is 0 Å². The van der Waals surface area contributed by atoms with Gasteiger partial charge in [0.15, 0.2) is 5.11 Å². The molecule has 0 aliphatic carbocycles. The van der Waals surface area contributed by atoms with Crippen molar-refractivity contribution in [1.82, 2.24) is 10.3 Å². The van der Waals surface area contributed by atoms with Gasteiger partial charge in [0.05, 0.1) is 25.9 Å². The summed E-state index contributed by atoms with van der Waals surface area (Å²) >= 11 is 27.0. The number of aromatic nitrogens is 1. The lowest BCUT2D eigenvalue weighted by molar-refractivity contribution is 0.0982. The third kappa shape index (κ3) is 4.57. The van der Waals surface area contributed by atoms with Gasteiger partial charge < -0.3 is 5.32 Å². The first-order valence-corrected chi connectivity index (χ1v) is 12.7. The third-order valence-corrected chi connectivity index (χ3v) is 8.29. The molecule has 4 nitrogen and oxygen atoms in total. The summed E-state index contributed by atoms with van der Waals surface area (Å²) in [5.74, 6) is -0.409. The summed E-state index contributed by atoms with van der Waals surface area (Å²) in [5.41, 5.74) is 2.39. The maximum Gasteiger partial charge on any atom is 0.269 e. The van der Waals surface area contributed by atoms with E-state index in [1.54, 1.807) is 35.6 Å². The van der Waals surface area contributed by atoms with Crippen LogP contribution in [0.3, 0.4) is 0 Å². The molecule has 2 aromatic heterocycles. The molecule has 0 aliphatic rings. The van der Waals surface area contributed by atoms with Gasteiger partial charge in [-0.3, -0.25) is 10.1 Å². The van der Waals surface area contributed by atoms with Crippen LogP contribution in [0.25, 0.3) is 30.9 Å². The lowest BCUT2D eigenvalue weighted by Gasteiger charge is -2.11. The first-order valence-electron chi connectivity index (χ1n) is 9.54. The summed E-state index contributed by atoms with van der Waals surface area (Å²) in [6.07, 6.45) is 0. The molecule has 0 spiro atoms. The number of para-hydroxylation sites is 1. The van der Waals surface area contributed by atoms with Crippen LogP contribution in [0, 0.1) is 0 Å². The lowest BCUT2D eigenvalue weighted by Crippen LogP contribution is -2.33. The second-order valence-corrected chi connectivity index (χ2v) is 10.7. The number of hydrogen-bond donors (Lipinski definition) is 2. The van der Waals surface area contributed by atoms with E-state index in [1.165, 1.54) is 11.3 Å². The van der Waals surface area contributed by atoms with Crippen molar-refractivity contribution >= 4 is 107 Å². The summed E-state index contributed by atoms with van der Waals surface area (Å²) < 4.78 is 1.92. The highest BCUT2D eigenvalue weighted by Gasteiger charge is 2.19. The van der Waals surface area contributed by atoms with Crippen LogP contribution in [0.15, 0.2) is 60.7 Å². The van der Waals surface area contributed by atoms with E-state index in [9.17, 15) is 4.79 Å². The highest BCUT2D eigenvalue weighted by molar-refractivity contribution is 7.80. The first kappa shape index (κ1) is 22.5. The number of halogens is 3. The zero-order valence-corrected chi connectivity index (χ0v) is 21.2. The molecule has 0 radical (unpaired) electrons. The van der Waals surface area contributed by atoms with Gasteiger partial charge in [0.25, 0.3) is 5.91 Å². The number of thiocarbonyl (C=S) groups is 1. The number of nitrogens with zero attached hydrogens (tertiary/aromatic N) is 1. The highest BCUT2D eigenvalue weighted by Crippen LogP contribution is 2.37. The number of anilines is 1. The monoisotopic (exact) mass is 547 g/mol. The van der Waals surface area contributed by atoms with Gasteiger partial charge >= 0.3 is 0 Å². The number of benzene rings is 3. The molecule has 0 atom stereocenters. The fourth-order valence-corrected chi connectivity index (χ4v) is 6.27. The van der Waals surface area contributed by atoms with E-state index in [2.05, 4.69) is 15.6 Å². The summed E-state index contributed by atoms with van der Waals surface area (Å²) in [5, 5.41) is 8.81. The molecule has 1 amide bonds. The van der Waals surface area contributed by atoms with E-state index in [-0.39, 0.29) is 5.11 Å². The minimum Gasteiger partial charge on any atom is -0.331 e. The van der Waals surface area contributed by atoms with Gasteiger partial charge in [0.2, 0.25) is 0 Å². The van der Waals surface area contributed by atoms with E-state index >= 15 is 0 Å². The number of nitrogens with one attached hydrogen (secondary N) is 2. The zero-order chi connectivity index (χ0) is 23.1. The van der Waals surface area contributed by atoms with Crippen molar-refractivity contribution in [1.29, 1.82) is 0 Å². The third-order valence-electron chi connectivity index (χ3n) is 4.78. The molecule has 10 heteroatoms. The molecule has 0 saturated carbocycles. The summed E-state index contributed by atoms with van der Waals surface area (Å²) in [7, 11) is 0. The molecular formula is C23H12Cl3N3OS3. The number of carbonyl (C=O) groups excluding carboxylic acids is 1. The van der Waals surface area contributed by atoms with Crippen molar-refractivity contribution in [2.75, 3.05) is 5.32 Å². The fourth-order valence-electron chi connectivity index (χ4n) is 3.25. The Morgan fingerprint density at radius 3 is 2.58 bits per heavy atom. The van der Waals surface area contributed by atoms with E-state index < -0.39 is 5.91 Å². The number of amides is 1. The number of hydrogen-bond acceptors (Lipinski definition) is 5. The average molecular weight is 549 g/mol. The quantitative estimate of drug-likeness (QED) is 0.223. The molecule has 5 rings (SSSR count). The number of rotatable bonds is 3. The van der Waals surface area contributed by atoms with Gasteiger partial charge in [0, 0.05) is 20.7 Å². The Morgan fingerprint density at radius 1 is 0.939 bits per heavy atom. The zero-order valence-electron chi connectivity index (χ0n) is 16.5. The average Bonchev–Trinajstić information content (AvgIpc) is 3.36. The molecule has 0 unspecified atom stereocenters. The molecule has 3 aromatic carbocycles. The van der Waals surface area contributed by atoms with Crippen LogP contribution < -0.4 is 10.6 Å². The predicted octanol–water partition coefficient (Wildman–Crippen LogP) is 8.26. The molecule has 164 valence electrons. The van der Waals surface area contributed by atoms with Gasteiger partial charge in [-0.2, -0.15) is 0 Å². The maximum atomic E-state index is 12.8. The Balaban J connectivity index is 1.36. The topological polar surface area (TPSA) is 54.0 Å². The van der Waals surface area contributed by atoms with E-state index in [0.29, 0.717) is 25.6 Å². The number of thiazole rings is 1. The van der Waals surface area contributed by atoms with Gasteiger partial charge in [-0.25, -0.2) is 4.98 Å². The second-order valence-electron chi connectivity index (χ2n) is 6.98. The SMILES string of the molecule is O=C(NC(=S)Nc1cc(-c2nc3ccccc3s2)ccc1Cl)c1sc2cc(Cl)ccc2c1Cl. The van der Waals surface area contributed by atoms with E-state index in [1.807, 2.05) is 36.4 Å². The largest absolute Gasteiger partial charge is 0.331 e. The molecule has 33 heavy (non-hydrogen) atoms. The number of fused-ring (bicyclic) bond motifs is 2. The Labute approximate surface area is 217 Å². The highest BCUT2D eigenvalue weighted by atomic mass is 35.5. The van der Waals surface area contributed by atoms with Crippen molar-refractivity contribution < 1.29 is 4.79 Å². The second kappa shape index (κ2) is 9.18. The van der Waals surface area contributed by atoms with Crippen LogP contribution in [0.1, 0.15) is 9.67 Å². The Morgan fingerprint density at radius 2 is 1.76 bits per heavy atom.